The number of hydrogen-bond acceptors (Lipinski definition) is 3. The van der Waals surface area contributed by atoms with E-state index < -0.39 is 5.82 Å². The Labute approximate surface area is 125 Å². The minimum Gasteiger partial charge on any atom is -0.482 e. The van der Waals surface area contributed by atoms with Crippen LogP contribution in [0.5, 0.6) is 5.75 Å². The molecule has 21 heavy (non-hydrogen) atoms. The van der Waals surface area contributed by atoms with Crippen LogP contribution in [0.1, 0.15) is 5.56 Å². The first-order chi connectivity index (χ1) is 10.1. The molecule has 0 spiro atoms. The van der Waals surface area contributed by atoms with Gasteiger partial charge in [0, 0.05) is 11.3 Å². The van der Waals surface area contributed by atoms with Gasteiger partial charge in [-0.1, -0.05) is 23.7 Å². The molecule has 0 radical (unpaired) electrons. The summed E-state index contributed by atoms with van der Waals surface area (Å²) >= 11 is 5.77. The van der Waals surface area contributed by atoms with Crippen LogP contribution in [0.15, 0.2) is 36.4 Å². The number of ether oxygens (including phenoxy) is 1. The number of amides is 1. The number of hydrogen-bond donors (Lipinski definition) is 1. The van der Waals surface area contributed by atoms with Crippen LogP contribution in [-0.4, -0.2) is 12.5 Å². The third-order valence-electron chi connectivity index (χ3n) is 3.29. The maximum absolute atomic E-state index is 14.0. The second-order valence-electron chi connectivity index (χ2n) is 4.71. The Morgan fingerprint density at radius 1 is 1.33 bits per heavy atom. The van der Waals surface area contributed by atoms with Gasteiger partial charge in [-0.15, -0.1) is 0 Å². The fraction of sp³-hybridized carbons (Fsp3) is 0.133. The zero-order chi connectivity index (χ0) is 15.0. The minimum absolute atomic E-state index is 0.0287. The smallest absolute Gasteiger partial charge is 0.265 e. The molecule has 0 saturated heterocycles. The number of nitrogens with zero attached hydrogens (tertiary/aromatic N) is 1. The molecule has 2 aromatic rings. The molecular weight excluding hydrogens is 295 g/mol. The number of carbonyl (C=O) groups is 1. The molecule has 2 N–H and O–H groups in total. The summed E-state index contributed by atoms with van der Waals surface area (Å²) in [6, 6.07) is 9.72. The number of anilines is 2. The normalized spacial score (nSPS) is 13.8. The van der Waals surface area contributed by atoms with Crippen molar-refractivity contribution in [2.75, 3.05) is 17.2 Å². The van der Waals surface area contributed by atoms with Gasteiger partial charge in [0.05, 0.1) is 17.3 Å². The van der Waals surface area contributed by atoms with Gasteiger partial charge in [0.15, 0.2) is 6.61 Å². The Kier molecular flexibility index (Phi) is 3.43. The van der Waals surface area contributed by atoms with Crippen LogP contribution >= 0.6 is 11.6 Å². The fourth-order valence-corrected chi connectivity index (χ4v) is 2.43. The molecule has 108 valence electrons. The van der Waals surface area contributed by atoms with Crippen LogP contribution < -0.4 is 15.4 Å². The lowest BCUT2D eigenvalue weighted by atomic mass is 10.1. The molecule has 0 unspecified atom stereocenters. The largest absolute Gasteiger partial charge is 0.482 e. The Morgan fingerprint density at radius 3 is 2.95 bits per heavy atom. The first-order valence-electron chi connectivity index (χ1n) is 6.32. The van der Waals surface area contributed by atoms with E-state index in [1.807, 2.05) is 0 Å². The molecule has 0 atom stereocenters. The van der Waals surface area contributed by atoms with Gasteiger partial charge in [-0.3, -0.25) is 4.79 Å². The van der Waals surface area contributed by atoms with E-state index in [4.69, 9.17) is 22.1 Å². The zero-order valence-electron chi connectivity index (χ0n) is 11.0. The molecule has 6 heteroatoms. The van der Waals surface area contributed by atoms with Crippen LogP contribution in [0.4, 0.5) is 15.8 Å². The zero-order valence-corrected chi connectivity index (χ0v) is 11.7. The molecule has 4 nitrogen and oxygen atoms in total. The highest BCUT2D eigenvalue weighted by Crippen LogP contribution is 2.35. The predicted octanol–water partition coefficient (Wildman–Crippen LogP) is 2.99. The monoisotopic (exact) mass is 306 g/mol. The third-order valence-corrected chi connectivity index (χ3v) is 3.58. The van der Waals surface area contributed by atoms with Crippen LogP contribution in [0.2, 0.25) is 5.02 Å². The molecule has 1 aliphatic rings. The lowest BCUT2D eigenvalue weighted by molar-refractivity contribution is -0.121. The number of nitrogen functional groups attached to an aromatic ring is 1. The average molecular weight is 307 g/mol. The Morgan fingerprint density at radius 2 is 2.14 bits per heavy atom. The van der Waals surface area contributed by atoms with E-state index in [1.165, 1.54) is 11.0 Å². The summed E-state index contributed by atoms with van der Waals surface area (Å²) in [4.78, 5) is 13.5. The second-order valence-corrected chi connectivity index (χ2v) is 5.12. The van der Waals surface area contributed by atoms with Gasteiger partial charge in [0.25, 0.3) is 5.91 Å². The van der Waals surface area contributed by atoms with E-state index in [9.17, 15) is 9.18 Å². The molecule has 1 amide bonds. The van der Waals surface area contributed by atoms with Gasteiger partial charge < -0.3 is 15.4 Å². The van der Waals surface area contributed by atoms with E-state index in [2.05, 4.69) is 0 Å². The van der Waals surface area contributed by atoms with Crippen molar-refractivity contribution in [3.05, 3.63) is 52.8 Å². The highest BCUT2D eigenvalue weighted by Gasteiger charge is 2.26. The van der Waals surface area contributed by atoms with Crippen LogP contribution in [0, 0.1) is 5.82 Å². The van der Waals surface area contributed by atoms with E-state index in [0.29, 0.717) is 22.7 Å². The van der Waals surface area contributed by atoms with Gasteiger partial charge in [-0.2, -0.15) is 0 Å². The van der Waals surface area contributed by atoms with E-state index in [0.717, 1.165) is 0 Å². The third kappa shape index (κ3) is 2.52. The topological polar surface area (TPSA) is 55.6 Å². The first kappa shape index (κ1) is 13.7. The predicted molar refractivity (Wildman–Crippen MR) is 78.9 cm³/mol. The van der Waals surface area contributed by atoms with Crippen molar-refractivity contribution >= 4 is 28.9 Å². The van der Waals surface area contributed by atoms with Crippen LogP contribution in [-0.2, 0) is 11.3 Å². The summed E-state index contributed by atoms with van der Waals surface area (Å²) in [5.74, 6) is -0.234. The summed E-state index contributed by atoms with van der Waals surface area (Å²) in [7, 11) is 0. The molecule has 0 bridgehead atoms. The fourth-order valence-electron chi connectivity index (χ4n) is 2.23. The van der Waals surface area contributed by atoms with Crippen molar-refractivity contribution in [3.63, 3.8) is 0 Å². The van der Waals surface area contributed by atoms with Crippen molar-refractivity contribution in [1.82, 2.24) is 0 Å². The van der Waals surface area contributed by atoms with Gasteiger partial charge in [0.1, 0.15) is 11.6 Å². The summed E-state index contributed by atoms with van der Waals surface area (Å²) in [6.07, 6.45) is 0. The molecule has 0 fully saturated rings. The summed E-state index contributed by atoms with van der Waals surface area (Å²) in [5.41, 5.74) is 7.12. The lowest BCUT2D eigenvalue weighted by Crippen LogP contribution is -2.38. The molecule has 3 rings (SSSR count). The molecule has 1 aliphatic heterocycles. The van der Waals surface area contributed by atoms with Gasteiger partial charge in [0.2, 0.25) is 0 Å². The average Bonchev–Trinajstić information content (AvgIpc) is 2.46. The quantitative estimate of drug-likeness (QED) is 0.868. The van der Waals surface area contributed by atoms with Gasteiger partial charge in [-0.25, -0.2) is 4.39 Å². The number of rotatable bonds is 2. The molecule has 2 aromatic carbocycles. The van der Waals surface area contributed by atoms with Crippen molar-refractivity contribution in [2.45, 2.75) is 6.54 Å². The maximum Gasteiger partial charge on any atom is 0.265 e. The number of fused-ring (bicyclic) bond motifs is 1. The number of carbonyl (C=O) groups excluding carboxylic acids is 1. The van der Waals surface area contributed by atoms with Crippen molar-refractivity contribution in [1.29, 1.82) is 0 Å². The van der Waals surface area contributed by atoms with Gasteiger partial charge >= 0.3 is 0 Å². The van der Waals surface area contributed by atoms with Crippen LogP contribution in [0.3, 0.4) is 0 Å². The number of nitrogens with two attached hydrogens (primary N) is 1. The Balaban J connectivity index is 2.00. The van der Waals surface area contributed by atoms with E-state index in [-0.39, 0.29) is 24.1 Å². The SMILES string of the molecule is Nc1ccc2c(c1)N(Cc1cccc(Cl)c1F)C(=O)CO2. The molecule has 0 aromatic heterocycles. The summed E-state index contributed by atoms with van der Waals surface area (Å²) < 4.78 is 19.4. The standard InChI is InChI=1S/C15H12ClFN2O2/c16-11-3-1-2-9(15(11)17)7-19-12-6-10(18)4-5-13(12)21-8-14(19)20/h1-6H,7-8,18H2. The summed E-state index contributed by atoms with van der Waals surface area (Å²) in [6.45, 7) is -0.00978. The van der Waals surface area contributed by atoms with Crippen LogP contribution in [0.25, 0.3) is 0 Å². The van der Waals surface area contributed by atoms with Crippen molar-refractivity contribution in [3.8, 4) is 5.75 Å². The molecule has 1 heterocycles. The highest BCUT2D eigenvalue weighted by molar-refractivity contribution is 6.30. The van der Waals surface area contributed by atoms with Crippen molar-refractivity contribution < 1.29 is 13.9 Å². The minimum atomic E-state index is -0.524. The number of halogens is 2. The molecular formula is C15H12ClFN2O2. The second kappa shape index (κ2) is 5.26. The van der Waals surface area contributed by atoms with Crippen molar-refractivity contribution in [2.24, 2.45) is 0 Å². The lowest BCUT2D eigenvalue weighted by Gasteiger charge is -2.29. The molecule has 0 saturated carbocycles. The summed E-state index contributed by atoms with van der Waals surface area (Å²) in [5, 5.41) is 0.0287. The van der Waals surface area contributed by atoms with E-state index >= 15 is 0 Å². The maximum atomic E-state index is 14.0. The Bertz CT molecular complexity index is 721. The highest BCUT2D eigenvalue weighted by atomic mass is 35.5. The number of benzene rings is 2. The first-order valence-corrected chi connectivity index (χ1v) is 6.69. The molecule has 0 aliphatic carbocycles. The Hall–Kier alpha value is -2.27. The van der Waals surface area contributed by atoms with Gasteiger partial charge in [-0.05, 0) is 24.3 Å². The van der Waals surface area contributed by atoms with E-state index in [1.54, 1.807) is 30.3 Å².